The van der Waals surface area contributed by atoms with Crippen LogP contribution in [-0.2, 0) is 4.79 Å². The first-order valence-electron chi connectivity index (χ1n) is 6.21. The highest BCUT2D eigenvalue weighted by Gasteiger charge is 2.27. The number of benzene rings is 1. The summed E-state index contributed by atoms with van der Waals surface area (Å²) in [4.78, 5) is 13.6. The van der Waals surface area contributed by atoms with Gasteiger partial charge in [0.1, 0.15) is 6.04 Å². The molecule has 0 spiro atoms. The molecular weight excluding hydrogens is 249 g/mol. The normalized spacial score (nSPS) is 18.0. The van der Waals surface area contributed by atoms with Crippen molar-refractivity contribution < 1.29 is 13.9 Å². The predicted molar refractivity (Wildman–Crippen MR) is 69.3 cm³/mol. The number of ether oxygens (including phenoxy) is 1. The van der Waals surface area contributed by atoms with Crippen molar-refractivity contribution >= 4 is 5.91 Å². The Labute approximate surface area is 111 Å². The molecule has 1 aromatic rings. The summed E-state index contributed by atoms with van der Waals surface area (Å²) in [7, 11) is 1.40. The van der Waals surface area contributed by atoms with Crippen LogP contribution < -0.4 is 15.8 Å². The Balaban J connectivity index is 2.28. The van der Waals surface area contributed by atoms with Crippen molar-refractivity contribution in [3.63, 3.8) is 0 Å². The van der Waals surface area contributed by atoms with Crippen LogP contribution in [0.4, 0.5) is 4.39 Å². The summed E-state index contributed by atoms with van der Waals surface area (Å²) < 4.78 is 18.6. The van der Waals surface area contributed by atoms with E-state index in [1.165, 1.54) is 19.2 Å². The number of nitrogens with two attached hydrogens (primary N) is 1. The topological polar surface area (TPSA) is 67.6 Å². The monoisotopic (exact) mass is 267 g/mol. The molecule has 1 unspecified atom stereocenters. The first kappa shape index (κ1) is 13.8. The Hall–Kier alpha value is -1.66. The first-order valence-corrected chi connectivity index (χ1v) is 6.21. The van der Waals surface area contributed by atoms with Gasteiger partial charge >= 0.3 is 0 Å². The predicted octanol–water partition coefficient (Wildman–Crippen LogP) is 0.266. The number of rotatable bonds is 4. The van der Waals surface area contributed by atoms with Gasteiger partial charge in [0, 0.05) is 26.2 Å². The van der Waals surface area contributed by atoms with E-state index >= 15 is 0 Å². The van der Waals surface area contributed by atoms with Gasteiger partial charge in [-0.2, -0.15) is 0 Å². The van der Waals surface area contributed by atoms with Crippen molar-refractivity contribution in [2.75, 3.05) is 33.3 Å². The lowest BCUT2D eigenvalue weighted by Gasteiger charge is -2.33. The van der Waals surface area contributed by atoms with E-state index in [4.69, 9.17) is 10.5 Å². The molecule has 6 heteroatoms. The van der Waals surface area contributed by atoms with E-state index in [9.17, 15) is 9.18 Å². The Morgan fingerprint density at radius 2 is 2.16 bits per heavy atom. The molecule has 5 nitrogen and oxygen atoms in total. The Morgan fingerprint density at radius 1 is 1.47 bits per heavy atom. The number of piperazine rings is 1. The van der Waals surface area contributed by atoms with E-state index in [0.29, 0.717) is 18.7 Å². The summed E-state index contributed by atoms with van der Waals surface area (Å²) in [5.74, 6) is -0.792. The van der Waals surface area contributed by atoms with E-state index in [1.54, 1.807) is 6.07 Å². The highest BCUT2D eigenvalue weighted by molar-refractivity contribution is 5.81. The smallest absolute Gasteiger partial charge is 0.239 e. The molecule has 1 aliphatic heterocycles. The zero-order chi connectivity index (χ0) is 13.8. The average Bonchev–Trinajstić information content (AvgIpc) is 2.40. The molecule has 1 saturated heterocycles. The molecule has 0 aliphatic carbocycles. The highest BCUT2D eigenvalue weighted by Crippen LogP contribution is 2.25. The minimum atomic E-state index is -0.595. The molecule has 1 fully saturated rings. The molecule has 1 amide bonds. The quantitative estimate of drug-likeness (QED) is 0.821. The number of primary amides is 1. The summed E-state index contributed by atoms with van der Waals surface area (Å²) in [5.41, 5.74) is 6.03. The fraction of sp³-hybridized carbons (Fsp3) is 0.462. The van der Waals surface area contributed by atoms with Crippen LogP contribution in [-0.4, -0.2) is 44.1 Å². The molecule has 0 radical (unpaired) electrons. The van der Waals surface area contributed by atoms with Gasteiger partial charge in [0.05, 0.1) is 7.11 Å². The van der Waals surface area contributed by atoms with Crippen LogP contribution in [0.1, 0.15) is 11.6 Å². The second-order valence-corrected chi connectivity index (χ2v) is 4.48. The number of halogens is 1. The van der Waals surface area contributed by atoms with Crippen molar-refractivity contribution in [2.24, 2.45) is 5.73 Å². The number of carbonyl (C=O) groups excluding carboxylic acids is 1. The number of carbonyl (C=O) groups is 1. The van der Waals surface area contributed by atoms with E-state index in [-0.39, 0.29) is 5.75 Å². The maximum Gasteiger partial charge on any atom is 0.239 e. The minimum Gasteiger partial charge on any atom is -0.494 e. The average molecular weight is 267 g/mol. The molecule has 0 bridgehead atoms. The molecule has 2 rings (SSSR count). The fourth-order valence-electron chi connectivity index (χ4n) is 2.35. The zero-order valence-electron chi connectivity index (χ0n) is 10.9. The Morgan fingerprint density at radius 3 is 2.68 bits per heavy atom. The van der Waals surface area contributed by atoms with Crippen molar-refractivity contribution in [1.29, 1.82) is 0 Å². The van der Waals surface area contributed by atoms with Gasteiger partial charge in [-0.15, -0.1) is 0 Å². The van der Waals surface area contributed by atoms with Crippen molar-refractivity contribution in [1.82, 2.24) is 10.2 Å². The lowest BCUT2D eigenvalue weighted by molar-refractivity contribution is -0.123. The van der Waals surface area contributed by atoms with E-state index < -0.39 is 17.8 Å². The van der Waals surface area contributed by atoms with Gasteiger partial charge in [0.25, 0.3) is 0 Å². The standard InChI is InChI=1S/C13H18FN3O2/c1-19-11-3-2-9(8-10(11)14)12(13(15)18)17-6-4-16-5-7-17/h2-3,8,12,16H,4-7H2,1H3,(H2,15,18). The molecule has 1 heterocycles. The molecule has 104 valence electrons. The van der Waals surface area contributed by atoms with Crippen molar-refractivity contribution in [3.05, 3.63) is 29.6 Å². The molecule has 1 atom stereocenters. The summed E-state index contributed by atoms with van der Waals surface area (Å²) in [5, 5.41) is 3.20. The van der Waals surface area contributed by atoms with Crippen LogP contribution in [0.2, 0.25) is 0 Å². The van der Waals surface area contributed by atoms with E-state index in [2.05, 4.69) is 5.32 Å². The number of amides is 1. The van der Waals surface area contributed by atoms with Gasteiger partial charge in [0.15, 0.2) is 11.6 Å². The van der Waals surface area contributed by atoms with E-state index in [0.717, 1.165) is 13.1 Å². The van der Waals surface area contributed by atoms with Crippen molar-refractivity contribution in [3.8, 4) is 5.75 Å². The SMILES string of the molecule is COc1ccc(C(C(N)=O)N2CCNCC2)cc1F. The van der Waals surface area contributed by atoms with Gasteiger partial charge in [-0.25, -0.2) is 4.39 Å². The third-order valence-electron chi connectivity index (χ3n) is 3.28. The molecule has 0 saturated carbocycles. The van der Waals surface area contributed by atoms with Crippen LogP contribution in [0, 0.1) is 5.82 Å². The number of nitrogens with zero attached hydrogens (tertiary/aromatic N) is 1. The zero-order valence-corrected chi connectivity index (χ0v) is 10.9. The van der Waals surface area contributed by atoms with Crippen molar-refractivity contribution in [2.45, 2.75) is 6.04 Å². The Bertz CT molecular complexity index is 461. The molecule has 0 aromatic heterocycles. The minimum absolute atomic E-state index is 0.160. The number of hydrogen-bond acceptors (Lipinski definition) is 4. The van der Waals surface area contributed by atoms with Gasteiger partial charge in [-0.3, -0.25) is 9.69 Å². The van der Waals surface area contributed by atoms with Crippen LogP contribution in [0.15, 0.2) is 18.2 Å². The van der Waals surface area contributed by atoms with E-state index in [1.807, 2.05) is 4.90 Å². The molecule has 3 N–H and O–H groups in total. The molecular formula is C13H18FN3O2. The van der Waals surface area contributed by atoms with Crippen LogP contribution in [0.3, 0.4) is 0 Å². The third kappa shape index (κ3) is 3.02. The maximum atomic E-state index is 13.7. The lowest BCUT2D eigenvalue weighted by atomic mass is 10.0. The van der Waals surface area contributed by atoms with Crippen LogP contribution >= 0.6 is 0 Å². The van der Waals surface area contributed by atoms with Crippen LogP contribution in [0.25, 0.3) is 0 Å². The molecule has 19 heavy (non-hydrogen) atoms. The van der Waals surface area contributed by atoms with Gasteiger partial charge < -0.3 is 15.8 Å². The maximum absolute atomic E-state index is 13.7. The second-order valence-electron chi connectivity index (χ2n) is 4.48. The summed E-state index contributed by atoms with van der Waals surface area (Å²) in [6.45, 7) is 3.01. The highest BCUT2D eigenvalue weighted by atomic mass is 19.1. The summed E-state index contributed by atoms with van der Waals surface area (Å²) >= 11 is 0. The third-order valence-corrected chi connectivity index (χ3v) is 3.28. The second kappa shape index (κ2) is 5.99. The van der Waals surface area contributed by atoms with Gasteiger partial charge in [-0.1, -0.05) is 6.07 Å². The van der Waals surface area contributed by atoms with Gasteiger partial charge in [0.2, 0.25) is 5.91 Å². The lowest BCUT2D eigenvalue weighted by Crippen LogP contribution is -2.48. The summed E-state index contributed by atoms with van der Waals surface area (Å²) in [6, 6.07) is 3.92. The number of methoxy groups -OCH3 is 1. The number of hydrogen-bond donors (Lipinski definition) is 2. The number of nitrogens with one attached hydrogen (secondary N) is 1. The first-order chi connectivity index (χ1) is 9.13. The van der Waals surface area contributed by atoms with Gasteiger partial charge in [-0.05, 0) is 17.7 Å². The van der Waals surface area contributed by atoms with Crippen LogP contribution in [0.5, 0.6) is 5.75 Å². The molecule has 1 aromatic carbocycles. The molecule has 1 aliphatic rings. The largest absolute Gasteiger partial charge is 0.494 e. The summed E-state index contributed by atoms with van der Waals surface area (Å²) in [6.07, 6.45) is 0. The fourth-order valence-corrected chi connectivity index (χ4v) is 2.35. The Kier molecular flexibility index (Phi) is 4.34.